The quantitative estimate of drug-likeness (QED) is 0.232. The van der Waals surface area contributed by atoms with Crippen molar-refractivity contribution in [2.24, 2.45) is 0 Å². The van der Waals surface area contributed by atoms with E-state index in [2.05, 4.69) is 110 Å². The van der Waals surface area contributed by atoms with Crippen molar-refractivity contribution in [2.45, 2.75) is 46.6 Å². The summed E-state index contributed by atoms with van der Waals surface area (Å²) in [6.45, 7) is 10.6. The molecule has 1 atom stereocenters. The molecule has 5 nitrogen and oxygen atoms in total. The topological polar surface area (TPSA) is 69.4 Å². The number of benzene rings is 3. The molecular formula is C32H33N5. The third-order valence-electron chi connectivity index (χ3n) is 7.53. The lowest BCUT2D eigenvalue weighted by atomic mass is 9.88. The van der Waals surface area contributed by atoms with Gasteiger partial charge in [-0.25, -0.2) is 4.98 Å². The first kappa shape index (κ1) is 23.4. The van der Waals surface area contributed by atoms with E-state index < -0.39 is 0 Å². The van der Waals surface area contributed by atoms with E-state index in [4.69, 9.17) is 10.1 Å². The molecular weight excluding hydrogens is 454 g/mol. The number of H-pyrrole nitrogens is 2. The van der Waals surface area contributed by atoms with E-state index in [0.29, 0.717) is 5.92 Å². The zero-order valence-corrected chi connectivity index (χ0v) is 21.9. The highest BCUT2D eigenvalue weighted by Crippen LogP contribution is 2.36. The van der Waals surface area contributed by atoms with E-state index in [-0.39, 0.29) is 0 Å². The Morgan fingerprint density at radius 1 is 1.03 bits per heavy atom. The Labute approximate surface area is 217 Å². The largest absolute Gasteiger partial charge is 0.337 e. The van der Waals surface area contributed by atoms with E-state index in [1.165, 1.54) is 39.0 Å². The summed E-state index contributed by atoms with van der Waals surface area (Å²) in [5.41, 5.74) is 13.0. The maximum atomic E-state index is 5.09. The van der Waals surface area contributed by atoms with Gasteiger partial charge in [0.2, 0.25) is 0 Å². The number of hydrogen-bond acceptors (Lipinski definition) is 3. The number of aromatic nitrogens is 4. The Morgan fingerprint density at radius 3 is 2.76 bits per heavy atom. The van der Waals surface area contributed by atoms with Gasteiger partial charge in [-0.15, -0.1) is 0 Å². The first-order chi connectivity index (χ1) is 18.0. The molecule has 37 heavy (non-hydrogen) atoms. The van der Waals surface area contributed by atoms with E-state index in [1.807, 2.05) is 0 Å². The van der Waals surface area contributed by atoms with Crippen molar-refractivity contribution in [3.63, 3.8) is 0 Å². The Hall–Kier alpha value is -3.96. The molecule has 5 heteroatoms. The maximum absolute atomic E-state index is 5.09. The summed E-state index contributed by atoms with van der Waals surface area (Å²) in [5.74, 6) is 1.14. The van der Waals surface area contributed by atoms with Crippen LogP contribution in [0.2, 0.25) is 0 Å². The minimum atomic E-state index is 0.341. The van der Waals surface area contributed by atoms with E-state index in [9.17, 15) is 0 Å². The van der Waals surface area contributed by atoms with Crippen LogP contribution >= 0.6 is 0 Å². The molecule has 0 aliphatic heterocycles. The SMILES string of the molecule is CCNCc1cc(C)cc(-c2ccc3[nH]nc(-c4nc5c(C6C=CC=C(C)C6)cccc5[nH]4)c3c2)c1C. The summed E-state index contributed by atoms with van der Waals surface area (Å²) in [5, 5.41) is 12.5. The summed E-state index contributed by atoms with van der Waals surface area (Å²) in [6, 6.07) is 17.6. The van der Waals surface area contributed by atoms with Crippen molar-refractivity contribution in [3.8, 4) is 22.6 Å². The molecule has 2 heterocycles. The Bertz CT molecular complexity index is 1680. The number of hydrogen-bond donors (Lipinski definition) is 3. The number of nitrogens with zero attached hydrogens (tertiary/aromatic N) is 2. The van der Waals surface area contributed by atoms with Gasteiger partial charge in [0.05, 0.1) is 16.6 Å². The highest BCUT2D eigenvalue weighted by atomic mass is 15.1. The van der Waals surface area contributed by atoms with Gasteiger partial charge in [0.15, 0.2) is 5.82 Å². The molecule has 0 bridgehead atoms. The van der Waals surface area contributed by atoms with Crippen molar-refractivity contribution in [1.29, 1.82) is 0 Å². The van der Waals surface area contributed by atoms with Gasteiger partial charge >= 0.3 is 0 Å². The summed E-state index contributed by atoms with van der Waals surface area (Å²) in [4.78, 5) is 8.64. The zero-order chi connectivity index (χ0) is 25.5. The molecule has 3 aromatic carbocycles. The third-order valence-corrected chi connectivity index (χ3v) is 7.53. The predicted molar refractivity (Wildman–Crippen MR) is 154 cm³/mol. The van der Waals surface area contributed by atoms with Crippen LogP contribution in [0.1, 0.15) is 48.4 Å². The molecule has 1 unspecified atom stereocenters. The van der Waals surface area contributed by atoms with Crippen LogP contribution in [0.4, 0.5) is 0 Å². The molecule has 0 fully saturated rings. The molecule has 186 valence electrons. The van der Waals surface area contributed by atoms with Crippen molar-refractivity contribution < 1.29 is 0 Å². The fraction of sp³-hybridized carbons (Fsp3) is 0.250. The van der Waals surface area contributed by atoms with Gasteiger partial charge < -0.3 is 10.3 Å². The average Bonchev–Trinajstić information content (AvgIpc) is 3.52. The summed E-state index contributed by atoms with van der Waals surface area (Å²) in [7, 11) is 0. The minimum absolute atomic E-state index is 0.341. The smallest absolute Gasteiger partial charge is 0.159 e. The second-order valence-electron chi connectivity index (χ2n) is 10.2. The van der Waals surface area contributed by atoms with Gasteiger partial charge in [0, 0.05) is 17.8 Å². The number of fused-ring (bicyclic) bond motifs is 2. The van der Waals surface area contributed by atoms with Crippen LogP contribution in [-0.4, -0.2) is 26.7 Å². The van der Waals surface area contributed by atoms with Gasteiger partial charge in [-0.3, -0.25) is 5.10 Å². The summed E-state index contributed by atoms with van der Waals surface area (Å²) >= 11 is 0. The molecule has 2 aromatic heterocycles. The number of para-hydroxylation sites is 1. The average molecular weight is 488 g/mol. The van der Waals surface area contributed by atoms with Crippen molar-refractivity contribution in [3.05, 3.63) is 94.6 Å². The molecule has 1 aliphatic rings. The predicted octanol–water partition coefficient (Wildman–Crippen LogP) is 7.49. The lowest BCUT2D eigenvalue weighted by molar-refractivity contribution is 0.723. The van der Waals surface area contributed by atoms with E-state index >= 15 is 0 Å². The molecule has 0 spiro atoms. The maximum Gasteiger partial charge on any atom is 0.159 e. The van der Waals surface area contributed by atoms with Crippen LogP contribution in [-0.2, 0) is 6.54 Å². The number of allylic oxidation sites excluding steroid dienone is 4. The number of aromatic amines is 2. The first-order valence-corrected chi connectivity index (χ1v) is 13.1. The molecule has 0 saturated heterocycles. The van der Waals surface area contributed by atoms with Crippen LogP contribution < -0.4 is 5.32 Å². The van der Waals surface area contributed by atoms with Crippen molar-refractivity contribution in [2.75, 3.05) is 6.54 Å². The second-order valence-corrected chi connectivity index (χ2v) is 10.2. The lowest BCUT2D eigenvalue weighted by Gasteiger charge is -2.17. The Kier molecular flexibility index (Phi) is 6.01. The van der Waals surface area contributed by atoms with Crippen LogP contribution in [0, 0.1) is 13.8 Å². The lowest BCUT2D eigenvalue weighted by Crippen LogP contribution is -2.13. The second kappa shape index (κ2) is 9.49. The Morgan fingerprint density at radius 2 is 1.92 bits per heavy atom. The van der Waals surface area contributed by atoms with Gasteiger partial charge in [0.25, 0.3) is 0 Å². The van der Waals surface area contributed by atoms with Crippen molar-refractivity contribution in [1.82, 2.24) is 25.5 Å². The fourth-order valence-corrected chi connectivity index (χ4v) is 5.56. The highest BCUT2D eigenvalue weighted by molar-refractivity contribution is 5.96. The summed E-state index contributed by atoms with van der Waals surface area (Å²) < 4.78 is 0. The number of aryl methyl sites for hydroxylation is 1. The molecule has 5 aromatic rings. The standard InChI is InChI=1S/C32H33N5/c1-5-33-18-24-15-20(3)16-26(21(24)4)23-12-13-28-27(17-23)31(37-36-28)32-34-29-11-7-10-25(30(29)35-32)22-9-6-8-19(2)14-22/h6-13,15-17,22,33H,5,14,18H2,1-4H3,(H,34,35)(H,36,37). The Balaban J connectivity index is 1.44. The molecule has 6 rings (SSSR count). The van der Waals surface area contributed by atoms with E-state index in [1.54, 1.807) is 0 Å². The van der Waals surface area contributed by atoms with Gasteiger partial charge in [-0.2, -0.15) is 5.10 Å². The van der Waals surface area contributed by atoms with Crippen molar-refractivity contribution >= 4 is 21.9 Å². The first-order valence-electron chi connectivity index (χ1n) is 13.1. The number of imidazole rings is 1. The van der Waals surface area contributed by atoms with Gasteiger partial charge in [-0.1, -0.05) is 66.6 Å². The fourth-order valence-electron chi connectivity index (χ4n) is 5.56. The normalized spacial score (nSPS) is 15.6. The number of rotatable bonds is 6. The summed E-state index contributed by atoms with van der Waals surface area (Å²) in [6.07, 6.45) is 7.66. The monoisotopic (exact) mass is 487 g/mol. The zero-order valence-electron chi connectivity index (χ0n) is 21.9. The minimum Gasteiger partial charge on any atom is -0.337 e. The highest BCUT2D eigenvalue weighted by Gasteiger charge is 2.19. The molecule has 0 amide bonds. The molecule has 0 saturated carbocycles. The van der Waals surface area contributed by atoms with Crippen LogP contribution in [0.25, 0.3) is 44.6 Å². The van der Waals surface area contributed by atoms with Crippen LogP contribution in [0.5, 0.6) is 0 Å². The third kappa shape index (κ3) is 4.30. The molecule has 0 radical (unpaired) electrons. The van der Waals surface area contributed by atoms with Crippen LogP contribution in [0.15, 0.2) is 72.3 Å². The molecule has 3 N–H and O–H groups in total. The molecule has 1 aliphatic carbocycles. The van der Waals surface area contributed by atoms with Gasteiger partial charge in [-0.05, 0) is 79.8 Å². The van der Waals surface area contributed by atoms with E-state index in [0.717, 1.165) is 53.0 Å². The number of nitrogens with one attached hydrogen (secondary N) is 3. The van der Waals surface area contributed by atoms with Gasteiger partial charge in [0.1, 0.15) is 5.69 Å². The van der Waals surface area contributed by atoms with Crippen LogP contribution in [0.3, 0.4) is 0 Å².